The normalized spacial score (nSPS) is 11.5. The van der Waals surface area contributed by atoms with Crippen LogP contribution < -0.4 is 16.0 Å². The van der Waals surface area contributed by atoms with Gasteiger partial charge in [-0.1, -0.05) is 19.9 Å². The predicted molar refractivity (Wildman–Crippen MR) is 95.4 cm³/mol. The van der Waals surface area contributed by atoms with Crippen LogP contribution in [0.2, 0.25) is 0 Å². The first-order valence-corrected chi connectivity index (χ1v) is 8.39. The summed E-state index contributed by atoms with van der Waals surface area (Å²) in [6.45, 7) is 10.2. The van der Waals surface area contributed by atoms with Crippen molar-refractivity contribution in [3.8, 4) is 0 Å². The van der Waals surface area contributed by atoms with E-state index in [1.165, 1.54) is 6.42 Å². The van der Waals surface area contributed by atoms with Crippen molar-refractivity contribution in [3.63, 3.8) is 0 Å². The molecule has 0 saturated carbocycles. The molecular weight excluding hydrogens is 274 g/mol. The smallest absolute Gasteiger partial charge is 0.191 e. The van der Waals surface area contributed by atoms with Gasteiger partial charge in [0, 0.05) is 32.4 Å². The molecule has 0 saturated heterocycles. The maximum Gasteiger partial charge on any atom is 0.191 e. The molecule has 5 nitrogen and oxygen atoms in total. The zero-order valence-corrected chi connectivity index (χ0v) is 14.2. The van der Waals surface area contributed by atoms with Crippen LogP contribution in [0.5, 0.6) is 0 Å². The van der Waals surface area contributed by atoms with Gasteiger partial charge in [-0.2, -0.15) is 0 Å². The molecule has 0 aromatic carbocycles. The number of guanidine groups is 1. The topological polar surface area (TPSA) is 61.3 Å². The van der Waals surface area contributed by atoms with Gasteiger partial charge in [0.15, 0.2) is 5.96 Å². The van der Waals surface area contributed by atoms with Crippen molar-refractivity contribution < 1.29 is 0 Å². The van der Waals surface area contributed by atoms with Crippen molar-refractivity contribution in [2.75, 3.05) is 31.5 Å². The highest BCUT2D eigenvalue weighted by Gasteiger charge is 1.98. The molecule has 0 atom stereocenters. The minimum Gasteiger partial charge on any atom is -0.370 e. The van der Waals surface area contributed by atoms with Crippen molar-refractivity contribution in [1.82, 2.24) is 15.6 Å². The monoisotopic (exact) mass is 305 g/mol. The summed E-state index contributed by atoms with van der Waals surface area (Å²) in [7, 11) is 0. The van der Waals surface area contributed by atoms with Crippen LogP contribution in [0.1, 0.15) is 40.0 Å². The zero-order valence-electron chi connectivity index (χ0n) is 14.2. The van der Waals surface area contributed by atoms with Gasteiger partial charge in [-0.25, -0.2) is 4.98 Å². The summed E-state index contributed by atoms with van der Waals surface area (Å²) >= 11 is 0. The zero-order chi connectivity index (χ0) is 16.0. The minimum atomic E-state index is 0.716. The molecule has 1 aromatic rings. The first kappa shape index (κ1) is 18.3. The van der Waals surface area contributed by atoms with E-state index in [4.69, 9.17) is 0 Å². The van der Waals surface area contributed by atoms with Crippen molar-refractivity contribution in [2.45, 2.75) is 40.0 Å². The fraction of sp³-hybridized carbons (Fsp3) is 0.647. The van der Waals surface area contributed by atoms with E-state index in [0.29, 0.717) is 5.92 Å². The molecule has 22 heavy (non-hydrogen) atoms. The SMILES string of the molecule is CCNC(=NCCCCNc1ccccn1)NCCC(C)C. The highest BCUT2D eigenvalue weighted by atomic mass is 15.2. The molecule has 0 radical (unpaired) electrons. The van der Waals surface area contributed by atoms with Crippen LogP contribution in [0.3, 0.4) is 0 Å². The number of aromatic nitrogens is 1. The van der Waals surface area contributed by atoms with E-state index in [-0.39, 0.29) is 0 Å². The molecular formula is C17H31N5. The Kier molecular flexibility index (Phi) is 9.83. The Balaban J connectivity index is 2.14. The summed E-state index contributed by atoms with van der Waals surface area (Å²) < 4.78 is 0. The van der Waals surface area contributed by atoms with Gasteiger partial charge in [-0.3, -0.25) is 4.99 Å². The quantitative estimate of drug-likeness (QED) is 0.353. The second kappa shape index (κ2) is 11.8. The molecule has 0 aliphatic rings. The number of unbranched alkanes of at least 4 members (excludes halogenated alkanes) is 1. The maximum atomic E-state index is 4.61. The number of nitrogens with zero attached hydrogens (tertiary/aromatic N) is 2. The molecule has 0 aliphatic carbocycles. The van der Waals surface area contributed by atoms with E-state index in [2.05, 4.69) is 46.7 Å². The third-order valence-electron chi connectivity index (χ3n) is 3.18. The Morgan fingerprint density at radius 1 is 1.18 bits per heavy atom. The molecule has 3 N–H and O–H groups in total. The number of rotatable bonds is 10. The summed E-state index contributed by atoms with van der Waals surface area (Å²) in [4.78, 5) is 8.84. The van der Waals surface area contributed by atoms with E-state index in [1.807, 2.05) is 18.2 Å². The first-order chi connectivity index (χ1) is 10.7. The molecule has 0 bridgehead atoms. The lowest BCUT2D eigenvalue weighted by Gasteiger charge is -2.12. The van der Waals surface area contributed by atoms with Gasteiger partial charge >= 0.3 is 0 Å². The van der Waals surface area contributed by atoms with Gasteiger partial charge < -0.3 is 16.0 Å². The van der Waals surface area contributed by atoms with Crippen LogP contribution >= 0.6 is 0 Å². The highest BCUT2D eigenvalue weighted by Crippen LogP contribution is 2.00. The van der Waals surface area contributed by atoms with Gasteiger partial charge in [0.05, 0.1) is 0 Å². The van der Waals surface area contributed by atoms with Crippen molar-refractivity contribution >= 4 is 11.8 Å². The van der Waals surface area contributed by atoms with Crippen LogP contribution in [0.25, 0.3) is 0 Å². The number of aliphatic imine (C=N–C) groups is 1. The summed E-state index contributed by atoms with van der Waals surface area (Å²) in [6.07, 6.45) is 5.13. The fourth-order valence-corrected chi connectivity index (χ4v) is 1.93. The van der Waals surface area contributed by atoms with Crippen molar-refractivity contribution in [1.29, 1.82) is 0 Å². The van der Waals surface area contributed by atoms with E-state index in [1.54, 1.807) is 6.20 Å². The van der Waals surface area contributed by atoms with E-state index in [0.717, 1.165) is 50.8 Å². The Morgan fingerprint density at radius 3 is 2.73 bits per heavy atom. The van der Waals surface area contributed by atoms with Gasteiger partial charge in [0.25, 0.3) is 0 Å². The maximum absolute atomic E-state index is 4.61. The molecule has 0 spiro atoms. The lowest BCUT2D eigenvalue weighted by atomic mass is 10.1. The second-order valence-corrected chi connectivity index (χ2v) is 5.72. The van der Waals surface area contributed by atoms with Gasteiger partial charge in [-0.15, -0.1) is 0 Å². The molecule has 0 unspecified atom stereocenters. The van der Waals surface area contributed by atoms with Gasteiger partial charge in [0.2, 0.25) is 0 Å². The minimum absolute atomic E-state index is 0.716. The molecule has 1 aromatic heterocycles. The predicted octanol–water partition coefficient (Wildman–Crippen LogP) is 2.87. The molecule has 5 heteroatoms. The summed E-state index contributed by atoms with van der Waals surface area (Å²) in [6, 6.07) is 5.90. The molecule has 1 rings (SSSR count). The lowest BCUT2D eigenvalue weighted by Crippen LogP contribution is -2.38. The van der Waals surface area contributed by atoms with Crippen LogP contribution in [0.4, 0.5) is 5.82 Å². The molecule has 124 valence electrons. The third kappa shape index (κ3) is 9.21. The second-order valence-electron chi connectivity index (χ2n) is 5.72. The average molecular weight is 305 g/mol. The molecule has 1 heterocycles. The Bertz CT molecular complexity index is 403. The number of hydrogen-bond acceptors (Lipinski definition) is 3. The number of anilines is 1. The largest absolute Gasteiger partial charge is 0.370 e. The van der Waals surface area contributed by atoms with Crippen LogP contribution in [-0.4, -0.2) is 37.1 Å². The lowest BCUT2D eigenvalue weighted by molar-refractivity contribution is 0.573. The summed E-state index contributed by atoms with van der Waals surface area (Å²) in [5.74, 6) is 2.59. The number of hydrogen-bond donors (Lipinski definition) is 3. The molecule has 0 aliphatic heterocycles. The van der Waals surface area contributed by atoms with Gasteiger partial charge in [0.1, 0.15) is 5.82 Å². The van der Waals surface area contributed by atoms with Crippen LogP contribution in [0, 0.1) is 5.92 Å². The average Bonchev–Trinajstić information content (AvgIpc) is 2.51. The molecule has 0 fully saturated rings. The van der Waals surface area contributed by atoms with Crippen LogP contribution in [-0.2, 0) is 0 Å². The Labute approximate surface area is 135 Å². The highest BCUT2D eigenvalue weighted by molar-refractivity contribution is 5.79. The van der Waals surface area contributed by atoms with E-state index in [9.17, 15) is 0 Å². The summed E-state index contributed by atoms with van der Waals surface area (Å²) in [5.41, 5.74) is 0. The standard InChI is InChI=1S/C17H31N5/c1-4-18-17(22-14-10-15(2)3)21-13-8-7-12-20-16-9-5-6-11-19-16/h5-6,9,11,15H,4,7-8,10,12-14H2,1-3H3,(H,19,20)(H2,18,21,22). The Morgan fingerprint density at radius 2 is 2.05 bits per heavy atom. The Hall–Kier alpha value is -1.78. The number of pyridine rings is 1. The van der Waals surface area contributed by atoms with Gasteiger partial charge in [-0.05, 0) is 44.2 Å². The third-order valence-corrected chi connectivity index (χ3v) is 3.18. The van der Waals surface area contributed by atoms with Crippen molar-refractivity contribution in [2.24, 2.45) is 10.9 Å². The summed E-state index contributed by atoms with van der Waals surface area (Å²) in [5, 5.41) is 9.98. The van der Waals surface area contributed by atoms with Crippen molar-refractivity contribution in [3.05, 3.63) is 24.4 Å². The molecule has 0 amide bonds. The first-order valence-electron chi connectivity index (χ1n) is 8.39. The van der Waals surface area contributed by atoms with E-state index >= 15 is 0 Å². The van der Waals surface area contributed by atoms with Crippen LogP contribution in [0.15, 0.2) is 29.4 Å². The number of nitrogens with one attached hydrogen (secondary N) is 3. The van der Waals surface area contributed by atoms with E-state index < -0.39 is 0 Å². The fourth-order valence-electron chi connectivity index (χ4n) is 1.93.